The molecule has 0 aliphatic carbocycles. The molecular formula is C13H19NO2S. The van der Waals surface area contributed by atoms with E-state index in [4.69, 9.17) is 5.11 Å². The van der Waals surface area contributed by atoms with Gasteiger partial charge in [-0.15, -0.1) is 11.8 Å². The smallest absolute Gasteiger partial charge is 0.230 e. The van der Waals surface area contributed by atoms with Gasteiger partial charge in [0, 0.05) is 4.90 Å². The van der Waals surface area contributed by atoms with E-state index < -0.39 is 0 Å². The molecule has 0 fully saturated rings. The second-order valence-corrected chi connectivity index (χ2v) is 4.93. The highest BCUT2D eigenvalue weighted by Crippen LogP contribution is 2.21. The van der Waals surface area contributed by atoms with Crippen LogP contribution in [0.5, 0.6) is 0 Å². The number of rotatable bonds is 6. The molecular weight excluding hydrogens is 234 g/mol. The molecule has 0 bridgehead atoms. The predicted molar refractivity (Wildman–Crippen MR) is 71.2 cm³/mol. The number of carbonyl (C=O) groups excluding carboxylic acids is 1. The van der Waals surface area contributed by atoms with Crippen molar-refractivity contribution in [3.8, 4) is 0 Å². The monoisotopic (exact) mass is 253 g/mol. The summed E-state index contributed by atoms with van der Waals surface area (Å²) in [5.41, 5.74) is 1.18. The molecule has 0 aliphatic heterocycles. The number of aryl methyl sites for hydroxylation is 1. The first-order valence-corrected chi connectivity index (χ1v) is 6.74. The normalized spacial score (nSPS) is 12.2. The van der Waals surface area contributed by atoms with E-state index in [2.05, 4.69) is 5.32 Å². The molecule has 4 heteroatoms. The van der Waals surface area contributed by atoms with Crippen LogP contribution in [0.2, 0.25) is 0 Å². The van der Waals surface area contributed by atoms with E-state index in [0.717, 1.165) is 11.3 Å². The number of benzene rings is 1. The zero-order chi connectivity index (χ0) is 12.7. The highest BCUT2D eigenvalue weighted by atomic mass is 32.2. The minimum atomic E-state index is -0.125. The third-order valence-corrected chi connectivity index (χ3v) is 3.71. The van der Waals surface area contributed by atoms with Crippen LogP contribution in [0, 0.1) is 6.92 Å². The first kappa shape index (κ1) is 14.1. The molecule has 0 saturated carbocycles. The fourth-order valence-corrected chi connectivity index (χ4v) is 2.25. The van der Waals surface area contributed by atoms with E-state index in [9.17, 15) is 4.79 Å². The van der Waals surface area contributed by atoms with E-state index in [0.29, 0.717) is 5.75 Å². The molecule has 1 atom stereocenters. The number of thioether (sulfide) groups is 1. The van der Waals surface area contributed by atoms with Crippen LogP contribution in [-0.2, 0) is 4.79 Å². The fourth-order valence-electron chi connectivity index (χ4n) is 1.41. The first-order valence-electron chi connectivity index (χ1n) is 5.76. The van der Waals surface area contributed by atoms with Crippen LogP contribution in [0.3, 0.4) is 0 Å². The van der Waals surface area contributed by atoms with Gasteiger partial charge in [0.1, 0.15) is 0 Å². The van der Waals surface area contributed by atoms with Crippen molar-refractivity contribution >= 4 is 17.7 Å². The largest absolute Gasteiger partial charge is 0.394 e. The summed E-state index contributed by atoms with van der Waals surface area (Å²) in [6.45, 7) is 3.97. The molecule has 0 radical (unpaired) electrons. The van der Waals surface area contributed by atoms with Crippen molar-refractivity contribution in [2.75, 3.05) is 12.4 Å². The van der Waals surface area contributed by atoms with Crippen molar-refractivity contribution in [2.24, 2.45) is 0 Å². The molecule has 0 aliphatic rings. The van der Waals surface area contributed by atoms with Gasteiger partial charge in [-0.3, -0.25) is 4.79 Å². The molecule has 0 spiro atoms. The van der Waals surface area contributed by atoms with Gasteiger partial charge < -0.3 is 10.4 Å². The molecule has 1 unspecified atom stereocenters. The lowest BCUT2D eigenvalue weighted by atomic mass is 10.2. The molecule has 1 amide bonds. The molecule has 1 aromatic carbocycles. The molecule has 0 aromatic heterocycles. The van der Waals surface area contributed by atoms with Gasteiger partial charge in [0.05, 0.1) is 18.4 Å². The number of hydrogen-bond acceptors (Lipinski definition) is 3. The fraction of sp³-hybridized carbons (Fsp3) is 0.462. The van der Waals surface area contributed by atoms with Crippen molar-refractivity contribution < 1.29 is 9.90 Å². The summed E-state index contributed by atoms with van der Waals surface area (Å²) in [7, 11) is 0. The van der Waals surface area contributed by atoms with Crippen molar-refractivity contribution in [1.82, 2.24) is 5.32 Å². The summed E-state index contributed by atoms with van der Waals surface area (Å²) in [6.07, 6.45) is 0.747. The van der Waals surface area contributed by atoms with Crippen LogP contribution >= 0.6 is 11.8 Å². The lowest BCUT2D eigenvalue weighted by Crippen LogP contribution is -2.37. The van der Waals surface area contributed by atoms with Crippen molar-refractivity contribution in [3.05, 3.63) is 29.8 Å². The zero-order valence-electron chi connectivity index (χ0n) is 10.3. The lowest BCUT2D eigenvalue weighted by molar-refractivity contribution is -0.119. The van der Waals surface area contributed by atoms with Crippen molar-refractivity contribution in [1.29, 1.82) is 0 Å². The Hall–Kier alpha value is -1.00. The second kappa shape index (κ2) is 7.35. The van der Waals surface area contributed by atoms with Gasteiger partial charge in [0.15, 0.2) is 0 Å². The van der Waals surface area contributed by atoms with Gasteiger partial charge in [-0.05, 0) is 25.0 Å². The summed E-state index contributed by atoms with van der Waals surface area (Å²) in [5.74, 6) is 0.362. The van der Waals surface area contributed by atoms with Crippen LogP contribution in [0.15, 0.2) is 29.2 Å². The van der Waals surface area contributed by atoms with Crippen LogP contribution in [-0.4, -0.2) is 29.4 Å². The van der Waals surface area contributed by atoms with E-state index in [1.54, 1.807) is 0 Å². The first-order chi connectivity index (χ1) is 8.17. The van der Waals surface area contributed by atoms with Crippen LogP contribution in [0.25, 0.3) is 0 Å². The number of aliphatic hydroxyl groups is 1. The van der Waals surface area contributed by atoms with Gasteiger partial charge in [0.25, 0.3) is 0 Å². The Morgan fingerprint density at radius 1 is 1.47 bits per heavy atom. The molecule has 0 saturated heterocycles. The van der Waals surface area contributed by atoms with Crippen LogP contribution < -0.4 is 5.32 Å². The third kappa shape index (κ3) is 4.79. The second-order valence-electron chi connectivity index (χ2n) is 3.91. The molecule has 0 heterocycles. The average Bonchev–Trinajstić information content (AvgIpc) is 2.35. The molecule has 17 heavy (non-hydrogen) atoms. The van der Waals surface area contributed by atoms with Gasteiger partial charge in [-0.1, -0.05) is 25.1 Å². The quantitative estimate of drug-likeness (QED) is 0.762. The van der Waals surface area contributed by atoms with Gasteiger partial charge >= 0.3 is 0 Å². The Morgan fingerprint density at radius 3 is 2.76 bits per heavy atom. The summed E-state index contributed by atoms with van der Waals surface area (Å²) in [4.78, 5) is 12.7. The van der Waals surface area contributed by atoms with E-state index in [-0.39, 0.29) is 18.6 Å². The van der Waals surface area contributed by atoms with E-state index in [1.807, 2.05) is 38.1 Å². The minimum Gasteiger partial charge on any atom is -0.394 e. The van der Waals surface area contributed by atoms with Crippen LogP contribution in [0.1, 0.15) is 18.9 Å². The number of nitrogens with one attached hydrogen (secondary N) is 1. The molecule has 3 nitrogen and oxygen atoms in total. The minimum absolute atomic E-state index is 0.00271. The summed E-state index contributed by atoms with van der Waals surface area (Å²) in [5, 5.41) is 11.8. The maximum absolute atomic E-state index is 11.6. The van der Waals surface area contributed by atoms with Gasteiger partial charge in [0.2, 0.25) is 5.91 Å². The lowest BCUT2D eigenvalue weighted by Gasteiger charge is -2.13. The van der Waals surface area contributed by atoms with E-state index >= 15 is 0 Å². The molecule has 2 N–H and O–H groups in total. The standard InChI is InChI=1S/C13H19NO2S/c1-3-11(8-15)14-13(16)9-17-12-7-5-4-6-10(12)2/h4-7,11,15H,3,8-9H2,1-2H3,(H,14,16). The Kier molecular flexibility index (Phi) is 6.08. The Bertz CT molecular complexity index is 364. The summed E-state index contributed by atoms with van der Waals surface area (Å²) in [6, 6.07) is 7.87. The summed E-state index contributed by atoms with van der Waals surface area (Å²) < 4.78 is 0. The van der Waals surface area contributed by atoms with Crippen molar-refractivity contribution in [3.63, 3.8) is 0 Å². The molecule has 1 aromatic rings. The van der Waals surface area contributed by atoms with Gasteiger partial charge in [-0.2, -0.15) is 0 Å². The number of hydrogen-bond donors (Lipinski definition) is 2. The number of carbonyl (C=O) groups is 1. The van der Waals surface area contributed by atoms with Crippen molar-refractivity contribution in [2.45, 2.75) is 31.2 Å². The SMILES string of the molecule is CCC(CO)NC(=O)CSc1ccccc1C. The van der Waals surface area contributed by atoms with E-state index in [1.165, 1.54) is 17.3 Å². The average molecular weight is 253 g/mol. The van der Waals surface area contributed by atoms with Gasteiger partial charge in [-0.25, -0.2) is 0 Å². The molecule has 1 rings (SSSR count). The number of amides is 1. The predicted octanol–water partition coefficient (Wildman–Crippen LogP) is 1.97. The van der Waals surface area contributed by atoms with Crippen LogP contribution in [0.4, 0.5) is 0 Å². The Balaban J connectivity index is 2.41. The maximum Gasteiger partial charge on any atom is 0.230 e. The topological polar surface area (TPSA) is 49.3 Å². The zero-order valence-corrected chi connectivity index (χ0v) is 11.1. The highest BCUT2D eigenvalue weighted by Gasteiger charge is 2.09. The highest BCUT2D eigenvalue weighted by molar-refractivity contribution is 8.00. The number of aliphatic hydroxyl groups excluding tert-OH is 1. The summed E-state index contributed by atoms with van der Waals surface area (Å²) >= 11 is 1.52. The molecule has 94 valence electrons. The Labute approximate surface area is 107 Å². The third-order valence-electron chi connectivity index (χ3n) is 2.53. The Morgan fingerprint density at radius 2 is 2.18 bits per heavy atom. The maximum atomic E-state index is 11.6.